The zero-order valence-corrected chi connectivity index (χ0v) is 11.2. The normalized spacial score (nSPS) is 9.70. The number of anilines is 1. The van der Waals surface area contributed by atoms with Crippen molar-refractivity contribution in [3.05, 3.63) is 33.9 Å². The highest BCUT2D eigenvalue weighted by atomic mass is 16.6. The molecule has 1 aromatic rings. The van der Waals surface area contributed by atoms with Crippen molar-refractivity contribution in [2.45, 2.75) is 6.92 Å². The quantitative estimate of drug-likeness (QED) is 0.399. The number of benzene rings is 1. The number of nitrogens with one attached hydrogen (secondary N) is 3. The van der Waals surface area contributed by atoms with Gasteiger partial charge in [0.15, 0.2) is 0 Å². The third kappa shape index (κ3) is 4.23. The number of nitrogens with zero attached hydrogens (tertiary/aromatic N) is 1. The van der Waals surface area contributed by atoms with E-state index in [1.165, 1.54) is 25.1 Å². The van der Waals surface area contributed by atoms with Crippen LogP contribution in [0.1, 0.15) is 17.3 Å². The molecule has 0 aromatic heterocycles. The molecule has 0 fully saturated rings. The number of rotatable bonds is 6. The van der Waals surface area contributed by atoms with Crippen LogP contribution in [0.2, 0.25) is 0 Å². The van der Waals surface area contributed by atoms with Crippen molar-refractivity contribution >= 4 is 23.2 Å². The Morgan fingerprint density at radius 2 is 1.90 bits per heavy atom. The van der Waals surface area contributed by atoms with Crippen molar-refractivity contribution in [3.8, 4) is 0 Å². The van der Waals surface area contributed by atoms with Crippen LogP contribution in [0.3, 0.4) is 0 Å². The Morgan fingerprint density at radius 1 is 1.25 bits per heavy atom. The molecule has 3 N–H and O–H groups in total. The van der Waals surface area contributed by atoms with Gasteiger partial charge in [-0.2, -0.15) is 0 Å². The van der Waals surface area contributed by atoms with Crippen molar-refractivity contribution in [1.29, 1.82) is 0 Å². The Bertz CT molecular complexity index is 530. The third-order valence-electron chi connectivity index (χ3n) is 2.51. The van der Waals surface area contributed by atoms with Crippen molar-refractivity contribution < 1.29 is 14.5 Å². The van der Waals surface area contributed by atoms with Crippen molar-refractivity contribution in [1.82, 2.24) is 10.6 Å². The number of amides is 2. The molecule has 0 spiro atoms. The Morgan fingerprint density at radius 3 is 2.45 bits per heavy atom. The van der Waals surface area contributed by atoms with E-state index in [1.54, 1.807) is 7.05 Å². The number of hydrogen-bond donors (Lipinski definition) is 3. The molecule has 108 valence electrons. The average molecular weight is 280 g/mol. The predicted molar refractivity (Wildman–Crippen MR) is 73.7 cm³/mol. The molecule has 1 aromatic carbocycles. The van der Waals surface area contributed by atoms with Gasteiger partial charge >= 0.3 is 0 Å². The molecule has 0 radical (unpaired) electrons. The van der Waals surface area contributed by atoms with E-state index in [0.717, 1.165) is 0 Å². The zero-order chi connectivity index (χ0) is 15.1. The van der Waals surface area contributed by atoms with Crippen LogP contribution in [0.5, 0.6) is 0 Å². The highest BCUT2D eigenvalue weighted by Gasteiger charge is 2.16. The van der Waals surface area contributed by atoms with E-state index in [2.05, 4.69) is 16.0 Å². The van der Waals surface area contributed by atoms with E-state index in [0.29, 0.717) is 12.2 Å². The Hall–Kier alpha value is -2.64. The van der Waals surface area contributed by atoms with Gasteiger partial charge in [-0.05, 0) is 12.1 Å². The molecule has 20 heavy (non-hydrogen) atoms. The first-order chi connectivity index (χ1) is 9.45. The monoisotopic (exact) mass is 280 g/mol. The molecule has 1 rings (SSSR count). The Balaban J connectivity index is 2.71. The summed E-state index contributed by atoms with van der Waals surface area (Å²) in [6.07, 6.45) is 0. The fourth-order valence-electron chi connectivity index (χ4n) is 1.55. The van der Waals surface area contributed by atoms with E-state index in [1.807, 2.05) is 0 Å². The van der Waals surface area contributed by atoms with Gasteiger partial charge in [-0.15, -0.1) is 0 Å². The summed E-state index contributed by atoms with van der Waals surface area (Å²) in [7, 11) is 1.56. The highest BCUT2D eigenvalue weighted by Crippen LogP contribution is 2.24. The van der Waals surface area contributed by atoms with Gasteiger partial charge in [0.25, 0.3) is 11.6 Å². The van der Waals surface area contributed by atoms with E-state index in [-0.39, 0.29) is 23.7 Å². The molecule has 0 bridgehead atoms. The first-order valence-corrected chi connectivity index (χ1v) is 5.94. The molecule has 2 amide bonds. The van der Waals surface area contributed by atoms with Crippen molar-refractivity contribution in [2.75, 3.05) is 25.5 Å². The van der Waals surface area contributed by atoms with Crippen LogP contribution in [0, 0.1) is 10.1 Å². The lowest BCUT2D eigenvalue weighted by Gasteiger charge is -2.07. The van der Waals surface area contributed by atoms with Crippen molar-refractivity contribution in [2.24, 2.45) is 0 Å². The fraction of sp³-hybridized carbons (Fsp3) is 0.333. The molecule has 0 atom stereocenters. The second-order valence-electron chi connectivity index (χ2n) is 3.98. The largest absolute Gasteiger partial charge is 0.383 e. The van der Waals surface area contributed by atoms with Crippen LogP contribution < -0.4 is 16.0 Å². The van der Waals surface area contributed by atoms with E-state index in [9.17, 15) is 19.7 Å². The molecular weight excluding hydrogens is 264 g/mol. The van der Waals surface area contributed by atoms with Gasteiger partial charge in [0.2, 0.25) is 5.91 Å². The molecule has 0 aliphatic carbocycles. The standard InChI is InChI=1S/C12H16N4O4/c1-8(17)14-5-6-15-12(18)9-3-4-10(13-2)11(7-9)16(19)20/h3-4,7,13H,5-6H2,1-2H3,(H,14,17)(H,15,18). The van der Waals surface area contributed by atoms with E-state index in [4.69, 9.17) is 0 Å². The van der Waals surface area contributed by atoms with Gasteiger partial charge in [0.05, 0.1) is 4.92 Å². The van der Waals surface area contributed by atoms with Crippen LogP contribution >= 0.6 is 0 Å². The SMILES string of the molecule is CNc1ccc(C(=O)NCCNC(C)=O)cc1[N+](=O)[O-]. The van der Waals surface area contributed by atoms with Gasteiger partial charge < -0.3 is 16.0 Å². The summed E-state index contributed by atoms with van der Waals surface area (Å²) >= 11 is 0. The molecule has 0 heterocycles. The minimum absolute atomic E-state index is 0.165. The van der Waals surface area contributed by atoms with Gasteiger partial charge in [-0.25, -0.2) is 0 Å². The maximum Gasteiger partial charge on any atom is 0.293 e. The van der Waals surface area contributed by atoms with E-state index >= 15 is 0 Å². The Labute approximate surface area is 115 Å². The fourth-order valence-corrected chi connectivity index (χ4v) is 1.55. The van der Waals surface area contributed by atoms with Crippen LogP contribution in [0.15, 0.2) is 18.2 Å². The van der Waals surface area contributed by atoms with Gasteiger partial charge in [0.1, 0.15) is 5.69 Å². The molecule has 0 unspecified atom stereocenters. The summed E-state index contributed by atoms with van der Waals surface area (Å²) in [6, 6.07) is 4.17. The average Bonchev–Trinajstić information content (AvgIpc) is 2.42. The molecule has 0 aliphatic heterocycles. The van der Waals surface area contributed by atoms with Gasteiger partial charge in [-0.3, -0.25) is 19.7 Å². The van der Waals surface area contributed by atoms with Crippen LogP contribution in [-0.2, 0) is 4.79 Å². The number of carbonyl (C=O) groups excluding carboxylic acids is 2. The number of nitro groups is 1. The number of nitro benzene ring substituents is 1. The molecule has 8 nitrogen and oxygen atoms in total. The Kier molecular flexibility index (Phi) is 5.45. The third-order valence-corrected chi connectivity index (χ3v) is 2.51. The lowest BCUT2D eigenvalue weighted by atomic mass is 10.1. The first kappa shape index (κ1) is 15.4. The second kappa shape index (κ2) is 7.07. The van der Waals surface area contributed by atoms with Gasteiger partial charge in [-0.1, -0.05) is 0 Å². The molecule has 8 heteroatoms. The van der Waals surface area contributed by atoms with Crippen LogP contribution in [0.25, 0.3) is 0 Å². The highest BCUT2D eigenvalue weighted by molar-refractivity contribution is 5.95. The first-order valence-electron chi connectivity index (χ1n) is 5.94. The van der Waals surface area contributed by atoms with E-state index < -0.39 is 10.8 Å². The molecule has 0 aliphatic rings. The summed E-state index contributed by atoms with van der Waals surface area (Å²) in [6.45, 7) is 1.93. The molecule has 0 saturated carbocycles. The van der Waals surface area contributed by atoms with Crippen LogP contribution in [-0.4, -0.2) is 36.9 Å². The zero-order valence-electron chi connectivity index (χ0n) is 11.2. The van der Waals surface area contributed by atoms with Gasteiger partial charge in [0, 0.05) is 38.7 Å². The summed E-state index contributed by atoms with van der Waals surface area (Å²) in [5.41, 5.74) is 0.366. The predicted octanol–water partition coefficient (Wildman–Crippen LogP) is 0.502. The molecule has 0 saturated heterocycles. The topological polar surface area (TPSA) is 113 Å². The summed E-state index contributed by atoms with van der Waals surface area (Å²) in [4.78, 5) is 32.8. The maximum atomic E-state index is 11.8. The van der Waals surface area contributed by atoms with Crippen LogP contribution in [0.4, 0.5) is 11.4 Å². The van der Waals surface area contributed by atoms with Crippen molar-refractivity contribution in [3.63, 3.8) is 0 Å². The smallest absolute Gasteiger partial charge is 0.293 e. The summed E-state index contributed by atoms with van der Waals surface area (Å²) in [5, 5.41) is 18.7. The molecular formula is C12H16N4O4. The number of hydrogen-bond acceptors (Lipinski definition) is 5. The summed E-state index contributed by atoms with van der Waals surface area (Å²) < 4.78 is 0. The maximum absolute atomic E-state index is 11.8. The minimum Gasteiger partial charge on any atom is -0.383 e. The minimum atomic E-state index is -0.556. The summed E-state index contributed by atoms with van der Waals surface area (Å²) in [5.74, 6) is -0.616. The lowest BCUT2D eigenvalue weighted by Crippen LogP contribution is -2.33. The number of carbonyl (C=O) groups is 2. The lowest BCUT2D eigenvalue weighted by molar-refractivity contribution is -0.384. The second-order valence-corrected chi connectivity index (χ2v) is 3.98.